The molecule has 3 fully saturated rings. The maximum Gasteiger partial charge on any atom is 0.227 e. The topological polar surface area (TPSA) is 35.6 Å². The number of fused-ring (bicyclic) bond motifs is 1. The van der Waals surface area contributed by atoms with Crippen LogP contribution in [0.1, 0.15) is 19.8 Å². The van der Waals surface area contributed by atoms with Crippen LogP contribution < -0.4 is 5.32 Å². The number of hydrogen-bond acceptors (Lipinski definition) is 3. The number of rotatable bonds is 1. The molecule has 5 heteroatoms. The fourth-order valence-electron chi connectivity index (χ4n) is 3.57. The van der Waals surface area contributed by atoms with Gasteiger partial charge in [0.05, 0.1) is 5.92 Å². The van der Waals surface area contributed by atoms with Crippen molar-refractivity contribution in [1.29, 1.82) is 0 Å². The van der Waals surface area contributed by atoms with Crippen molar-refractivity contribution in [3.8, 4) is 0 Å². The molecule has 3 saturated heterocycles. The van der Waals surface area contributed by atoms with Crippen LogP contribution in [0, 0.1) is 11.8 Å². The average Bonchev–Trinajstić information content (AvgIpc) is 2.95. The molecule has 1 unspecified atom stereocenters. The van der Waals surface area contributed by atoms with Gasteiger partial charge in [0, 0.05) is 32.2 Å². The molecule has 3 aliphatic heterocycles. The van der Waals surface area contributed by atoms with E-state index in [1.807, 2.05) is 0 Å². The Balaban J connectivity index is 0.00000120. The predicted octanol–water partition coefficient (Wildman–Crippen LogP) is 0.570. The largest absolute Gasteiger partial charge is 0.340 e. The van der Waals surface area contributed by atoms with Crippen molar-refractivity contribution < 1.29 is 4.79 Å². The van der Waals surface area contributed by atoms with Gasteiger partial charge in [-0.05, 0) is 31.8 Å². The third kappa shape index (κ3) is 2.51. The molecule has 0 aromatic carbocycles. The lowest BCUT2D eigenvalue weighted by molar-refractivity contribution is -0.138. The Kier molecular flexibility index (Phi) is 4.51. The summed E-state index contributed by atoms with van der Waals surface area (Å²) in [5.74, 6) is 1.13. The normalized spacial score (nSPS) is 36.3. The summed E-state index contributed by atoms with van der Waals surface area (Å²) in [5.41, 5.74) is 0. The minimum Gasteiger partial charge on any atom is -0.340 e. The number of carbonyl (C=O) groups is 1. The van der Waals surface area contributed by atoms with Crippen molar-refractivity contribution in [3.05, 3.63) is 0 Å². The molecule has 3 aliphatic rings. The molecule has 3 heterocycles. The fraction of sp³-hybridized carbons (Fsp3) is 0.923. The molecule has 3 atom stereocenters. The molecule has 0 bridgehead atoms. The van der Waals surface area contributed by atoms with Crippen LogP contribution in [-0.2, 0) is 4.79 Å². The molecule has 4 nitrogen and oxygen atoms in total. The smallest absolute Gasteiger partial charge is 0.227 e. The van der Waals surface area contributed by atoms with Crippen molar-refractivity contribution in [2.45, 2.75) is 25.8 Å². The van der Waals surface area contributed by atoms with Gasteiger partial charge in [-0.15, -0.1) is 12.4 Å². The summed E-state index contributed by atoms with van der Waals surface area (Å²) in [6, 6.07) is 0.650. The van der Waals surface area contributed by atoms with Crippen molar-refractivity contribution in [2.24, 2.45) is 11.8 Å². The summed E-state index contributed by atoms with van der Waals surface area (Å²) in [6.45, 7) is 8.32. The van der Waals surface area contributed by atoms with Crippen LogP contribution in [0.5, 0.6) is 0 Å². The highest BCUT2D eigenvalue weighted by Gasteiger charge is 2.37. The van der Waals surface area contributed by atoms with Gasteiger partial charge >= 0.3 is 0 Å². The van der Waals surface area contributed by atoms with E-state index < -0.39 is 0 Å². The average molecular weight is 274 g/mol. The molecule has 0 aromatic heterocycles. The first kappa shape index (κ1) is 14.1. The van der Waals surface area contributed by atoms with E-state index in [2.05, 4.69) is 22.0 Å². The third-order valence-electron chi connectivity index (χ3n) is 4.73. The Labute approximate surface area is 115 Å². The molecule has 0 aliphatic carbocycles. The lowest BCUT2D eigenvalue weighted by atomic mass is 9.96. The number of nitrogens with one attached hydrogen (secondary N) is 1. The van der Waals surface area contributed by atoms with Crippen LogP contribution in [0.2, 0.25) is 0 Å². The zero-order chi connectivity index (χ0) is 11.8. The van der Waals surface area contributed by atoms with Gasteiger partial charge in [0.2, 0.25) is 5.91 Å². The second kappa shape index (κ2) is 5.76. The first-order chi connectivity index (χ1) is 8.25. The number of nitrogens with zero attached hydrogens (tertiary/aromatic N) is 2. The fourth-order valence-corrected chi connectivity index (χ4v) is 3.57. The first-order valence-electron chi connectivity index (χ1n) is 6.99. The molecule has 104 valence electrons. The minimum atomic E-state index is 0. The van der Waals surface area contributed by atoms with E-state index in [1.165, 1.54) is 19.4 Å². The number of hydrogen-bond donors (Lipinski definition) is 1. The highest BCUT2D eigenvalue weighted by Crippen LogP contribution is 2.25. The molecular formula is C13H24ClN3O. The summed E-state index contributed by atoms with van der Waals surface area (Å²) >= 11 is 0. The van der Waals surface area contributed by atoms with E-state index in [-0.39, 0.29) is 18.3 Å². The zero-order valence-corrected chi connectivity index (χ0v) is 11.9. The van der Waals surface area contributed by atoms with Gasteiger partial charge in [0.15, 0.2) is 0 Å². The Morgan fingerprint density at radius 1 is 1.22 bits per heavy atom. The zero-order valence-electron chi connectivity index (χ0n) is 11.1. The molecule has 1 N–H and O–H groups in total. The maximum absolute atomic E-state index is 12.5. The van der Waals surface area contributed by atoms with E-state index in [1.54, 1.807) is 0 Å². The quantitative estimate of drug-likeness (QED) is 0.759. The lowest BCUT2D eigenvalue weighted by Gasteiger charge is -2.38. The van der Waals surface area contributed by atoms with Crippen molar-refractivity contribution in [1.82, 2.24) is 15.1 Å². The Bertz CT molecular complexity index is 313. The van der Waals surface area contributed by atoms with Crippen LogP contribution in [0.25, 0.3) is 0 Å². The number of piperazine rings is 1. The van der Waals surface area contributed by atoms with E-state index in [4.69, 9.17) is 0 Å². The SMILES string of the molecule is C[C@@H]1CNC[C@H]1C(=O)N1CCN2CCCC2C1.Cl. The highest BCUT2D eigenvalue weighted by molar-refractivity contribution is 5.85. The molecule has 1 amide bonds. The van der Waals surface area contributed by atoms with Crippen molar-refractivity contribution in [2.75, 3.05) is 39.3 Å². The second-order valence-electron chi connectivity index (χ2n) is 5.86. The Morgan fingerprint density at radius 3 is 2.78 bits per heavy atom. The van der Waals surface area contributed by atoms with Crippen LogP contribution >= 0.6 is 12.4 Å². The molecule has 0 radical (unpaired) electrons. The van der Waals surface area contributed by atoms with Crippen LogP contribution in [0.4, 0.5) is 0 Å². The molecule has 0 aromatic rings. The van der Waals surface area contributed by atoms with Crippen LogP contribution in [0.3, 0.4) is 0 Å². The van der Waals surface area contributed by atoms with Gasteiger partial charge in [0.1, 0.15) is 0 Å². The summed E-state index contributed by atoms with van der Waals surface area (Å²) < 4.78 is 0. The van der Waals surface area contributed by atoms with Crippen LogP contribution in [-0.4, -0.2) is 61.0 Å². The molecule has 0 spiro atoms. The molecule has 0 saturated carbocycles. The van der Waals surface area contributed by atoms with Gasteiger partial charge in [-0.3, -0.25) is 9.69 Å². The molecular weight excluding hydrogens is 250 g/mol. The number of amides is 1. The maximum atomic E-state index is 12.5. The van der Waals surface area contributed by atoms with Gasteiger partial charge in [0.25, 0.3) is 0 Å². The predicted molar refractivity (Wildman–Crippen MR) is 73.9 cm³/mol. The molecule has 18 heavy (non-hydrogen) atoms. The minimum absolute atomic E-state index is 0. The van der Waals surface area contributed by atoms with Gasteiger partial charge in [-0.2, -0.15) is 0 Å². The van der Waals surface area contributed by atoms with E-state index >= 15 is 0 Å². The molecule has 3 rings (SSSR count). The van der Waals surface area contributed by atoms with Crippen molar-refractivity contribution in [3.63, 3.8) is 0 Å². The highest BCUT2D eigenvalue weighted by atomic mass is 35.5. The van der Waals surface area contributed by atoms with E-state index in [0.29, 0.717) is 17.9 Å². The van der Waals surface area contributed by atoms with E-state index in [0.717, 1.165) is 32.7 Å². The Hall–Kier alpha value is -0.320. The monoisotopic (exact) mass is 273 g/mol. The van der Waals surface area contributed by atoms with Crippen molar-refractivity contribution >= 4 is 18.3 Å². The second-order valence-corrected chi connectivity index (χ2v) is 5.86. The Morgan fingerprint density at radius 2 is 2.06 bits per heavy atom. The summed E-state index contributed by atoms with van der Waals surface area (Å²) in [4.78, 5) is 17.1. The standard InChI is InChI=1S/C13H23N3O.ClH/c1-10-7-14-8-12(10)13(17)16-6-5-15-4-2-3-11(15)9-16;/h10-12,14H,2-9H2,1H3;1H/t10-,11?,12-;/m1./s1. The first-order valence-corrected chi connectivity index (χ1v) is 6.99. The lowest BCUT2D eigenvalue weighted by Crippen LogP contribution is -2.54. The summed E-state index contributed by atoms with van der Waals surface area (Å²) in [5, 5.41) is 3.33. The summed E-state index contributed by atoms with van der Waals surface area (Å²) in [7, 11) is 0. The number of carbonyl (C=O) groups excluding carboxylic acids is 1. The van der Waals surface area contributed by atoms with Gasteiger partial charge in [-0.25, -0.2) is 0 Å². The van der Waals surface area contributed by atoms with E-state index in [9.17, 15) is 4.79 Å². The van der Waals surface area contributed by atoms with Gasteiger partial charge < -0.3 is 10.2 Å². The number of halogens is 1. The summed E-state index contributed by atoms with van der Waals surface area (Å²) in [6.07, 6.45) is 2.59. The third-order valence-corrected chi connectivity index (χ3v) is 4.73. The van der Waals surface area contributed by atoms with Gasteiger partial charge in [-0.1, -0.05) is 6.92 Å². The van der Waals surface area contributed by atoms with Crippen LogP contribution in [0.15, 0.2) is 0 Å².